The van der Waals surface area contributed by atoms with E-state index in [9.17, 15) is 14.0 Å². The molecule has 0 saturated carbocycles. The zero-order chi connectivity index (χ0) is 23.4. The lowest BCUT2D eigenvalue weighted by Gasteiger charge is -2.32. The fourth-order valence-corrected chi connectivity index (χ4v) is 3.12. The van der Waals surface area contributed by atoms with Crippen molar-refractivity contribution in [3.05, 3.63) is 76.5 Å². The van der Waals surface area contributed by atoms with Crippen LogP contribution in [-0.2, 0) is 20.7 Å². The van der Waals surface area contributed by atoms with Gasteiger partial charge in [-0.1, -0.05) is 48.5 Å². The van der Waals surface area contributed by atoms with Crippen molar-refractivity contribution in [3.63, 3.8) is 0 Å². The number of alkyl carbamates (subject to hydrolysis) is 1. The molecule has 2 aromatic carbocycles. The van der Waals surface area contributed by atoms with E-state index in [-0.39, 0.29) is 24.3 Å². The molecule has 0 radical (unpaired) electrons. The van der Waals surface area contributed by atoms with Gasteiger partial charge in [-0.25, -0.2) is 9.18 Å². The topological polar surface area (TPSA) is 73.9 Å². The minimum absolute atomic E-state index is 0.00913. The van der Waals surface area contributed by atoms with Crippen LogP contribution >= 0.6 is 0 Å². The molecule has 6 nitrogen and oxygen atoms in total. The molecule has 0 unspecified atom stereocenters. The van der Waals surface area contributed by atoms with Gasteiger partial charge in [0.05, 0.1) is 16.8 Å². The lowest BCUT2D eigenvalue weighted by Crippen LogP contribution is -2.41. The Kier molecular flexibility index (Phi) is 7.16. The molecule has 1 aliphatic heterocycles. The molecule has 1 fully saturated rings. The summed E-state index contributed by atoms with van der Waals surface area (Å²) in [6.07, 6.45) is 1.36. The summed E-state index contributed by atoms with van der Waals surface area (Å²) in [5.41, 5.74) is 0.252. The van der Waals surface area contributed by atoms with Crippen molar-refractivity contribution in [1.82, 2.24) is 5.32 Å². The Labute approximate surface area is 187 Å². The van der Waals surface area contributed by atoms with Crippen molar-refractivity contribution >= 4 is 25.6 Å². The van der Waals surface area contributed by atoms with Gasteiger partial charge in [0.2, 0.25) is 0 Å². The smallest absolute Gasteiger partial charge is 0.445 e. The second-order valence-electron chi connectivity index (χ2n) is 8.59. The van der Waals surface area contributed by atoms with Gasteiger partial charge in [-0.3, -0.25) is 4.79 Å². The Bertz CT molecular complexity index is 991. The minimum Gasteiger partial charge on any atom is -0.445 e. The maximum absolute atomic E-state index is 14.7. The van der Waals surface area contributed by atoms with Crippen LogP contribution < -0.4 is 5.32 Å². The number of hydrogen-bond acceptors (Lipinski definition) is 5. The van der Waals surface area contributed by atoms with Crippen molar-refractivity contribution in [2.75, 3.05) is 6.54 Å². The van der Waals surface area contributed by atoms with Gasteiger partial charge in [-0.2, -0.15) is 0 Å². The van der Waals surface area contributed by atoms with E-state index in [0.29, 0.717) is 11.8 Å². The highest BCUT2D eigenvalue weighted by atomic mass is 19.1. The van der Waals surface area contributed by atoms with Crippen molar-refractivity contribution in [2.24, 2.45) is 0 Å². The van der Waals surface area contributed by atoms with Gasteiger partial charge in [-0.15, -0.1) is 0 Å². The lowest BCUT2D eigenvalue weighted by molar-refractivity contribution is 0.00578. The number of ether oxygens (including phenoxy) is 1. The molecule has 0 aromatic heterocycles. The molecule has 3 rings (SSSR count). The number of hydrogen-bond donors (Lipinski definition) is 1. The Balaban J connectivity index is 1.78. The van der Waals surface area contributed by atoms with Gasteiger partial charge in [-0.05, 0) is 44.8 Å². The summed E-state index contributed by atoms with van der Waals surface area (Å²) >= 11 is 0. The third kappa shape index (κ3) is 5.44. The highest BCUT2D eigenvalue weighted by Crippen LogP contribution is 2.38. The van der Waals surface area contributed by atoms with Gasteiger partial charge < -0.3 is 19.4 Å². The average Bonchev–Trinajstić information content (AvgIpc) is 2.98. The summed E-state index contributed by atoms with van der Waals surface area (Å²) in [4.78, 5) is 23.4. The summed E-state index contributed by atoms with van der Waals surface area (Å²) in [6.45, 7) is 7.74. The minimum atomic E-state index is -0.811. The molecule has 1 heterocycles. The largest absolute Gasteiger partial charge is 0.492 e. The summed E-state index contributed by atoms with van der Waals surface area (Å²) < 4.78 is 32.1. The third-order valence-electron chi connectivity index (χ3n) is 5.73. The van der Waals surface area contributed by atoms with Crippen LogP contribution in [-0.4, -0.2) is 37.2 Å². The second kappa shape index (κ2) is 9.67. The molecule has 0 bridgehead atoms. The number of amides is 1. The standard InChI is InChI=1S/C24H27BFNO5/c1-23(2)24(3,4)32-25(31-23)20(13-18-11-8-12-19(15-28)21(18)26)14-27-22(29)30-16-17-9-6-5-7-10-17/h5-13,15H,14,16H2,1-4H3,(H,27,29). The summed E-state index contributed by atoms with van der Waals surface area (Å²) in [5, 5.41) is 2.67. The van der Waals surface area contributed by atoms with Crippen molar-refractivity contribution in [1.29, 1.82) is 0 Å². The van der Waals surface area contributed by atoms with Crippen molar-refractivity contribution in [3.8, 4) is 0 Å². The number of benzene rings is 2. The first-order chi connectivity index (χ1) is 15.1. The molecular weight excluding hydrogens is 412 g/mol. The SMILES string of the molecule is CC1(C)OB(C(=Cc2cccc(C=O)c2F)CNC(=O)OCc2ccccc2)OC1(C)C. The number of aldehydes is 1. The van der Waals surface area contributed by atoms with Crippen LogP contribution in [0.2, 0.25) is 0 Å². The highest BCUT2D eigenvalue weighted by Gasteiger charge is 2.52. The van der Waals surface area contributed by atoms with Crippen LogP contribution in [0.15, 0.2) is 54.0 Å². The summed E-state index contributed by atoms with van der Waals surface area (Å²) in [7, 11) is -0.811. The first-order valence-corrected chi connectivity index (χ1v) is 10.4. The normalized spacial score (nSPS) is 17.2. The lowest BCUT2D eigenvalue weighted by atomic mass is 9.77. The molecule has 1 aliphatic rings. The number of carbonyl (C=O) groups is 2. The molecule has 0 atom stereocenters. The monoisotopic (exact) mass is 439 g/mol. The Morgan fingerprint density at radius 1 is 1.03 bits per heavy atom. The molecule has 1 N–H and O–H groups in total. The average molecular weight is 439 g/mol. The predicted octanol–water partition coefficient (Wildman–Crippen LogP) is 4.58. The molecule has 0 spiro atoms. The van der Waals surface area contributed by atoms with Crippen LogP contribution in [0.1, 0.15) is 49.2 Å². The van der Waals surface area contributed by atoms with Crippen LogP contribution in [0.4, 0.5) is 9.18 Å². The summed E-state index contributed by atoms with van der Waals surface area (Å²) in [6, 6.07) is 13.8. The Morgan fingerprint density at radius 2 is 1.66 bits per heavy atom. The van der Waals surface area contributed by atoms with Gasteiger partial charge >= 0.3 is 13.2 Å². The molecule has 32 heavy (non-hydrogen) atoms. The number of carbonyl (C=O) groups excluding carboxylic acids is 2. The maximum Gasteiger partial charge on any atom is 0.492 e. The first kappa shape index (κ1) is 23.7. The Hall–Kier alpha value is -2.97. The van der Waals surface area contributed by atoms with E-state index in [1.165, 1.54) is 12.1 Å². The van der Waals surface area contributed by atoms with Gasteiger partial charge in [0.1, 0.15) is 12.4 Å². The fourth-order valence-electron chi connectivity index (χ4n) is 3.12. The first-order valence-electron chi connectivity index (χ1n) is 10.4. The van der Waals surface area contributed by atoms with Crippen LogP contribution in [0.3, 0.4) is 0 Å². The summed E-state index contributed by atoms with van der Waals surface area (Å²) in [5.74, 6) is -0.650. The molecule has 168 valence electrons. The van der Waals surface area contributed by atoms with E-state index < -0.39 is 30.2 Å². The molecule has 1 saturated heterocycles. The highest BCUT2D eigenvalue weighted by molar-refractivity contribution is 6.56. The quantitative estimate of drug-likeness (QED) is 0.505. The second-order valence-corrected chi connectivity index (χ2v) is 8.59. The number of rotatable bonds is 7. The van der Waals surface area contributed by atoms with Gasteiger partial charge in [0.25, 0.3) is 0 Å². The number of halogens is 1. The van der Waals surface area contributed by atoms with E-state index in [4.69, 9.17) is 14.0 Å². The van der Waals surface area contributed by atoms with E-state index in [1.54, 1.807) is 12.1 Å². The van der Waals surface area contributed by atoms with E-state index in [2.05, 4.69) is 5.32 Å². The number of nitrogens with one attached hydrogen (secondary N) is 1. The zero-order valence-corrected chi connectivity index (χ0v) is 18.7. The van der Waals surface area contributed by atoms with Gasteiger partial charge in [0, 0.05) is 12.1 Å². The van der Waals surface area contributed by atoms with Crippen LogP contribution in [0.5, 0.6) is 0 Å². The van der Waals surface area contributed by atoms with E-state index in [1.807, 2.05) is 58.0 Å². The zero-order valence-electron chi connectivity index (χ0n) is 18.7. The van der Waals surface area contributed by atoms with Crippen molar-refractivity contribution < 1.29 is 28.0 Å². The molecule has 1 amide bonds. The fraction of sp³-hybridized carbons (Fsp3) is 0.333. The van der Waals surface area contributed by atoms with Crippen LogP contribution in [0, 0.1) is 5.82 Å². The predicted molar refractivity (Wildman–Crippen MR) is 120 cm³/mol. The molecule has 0 aliphatic carbocycles. The van der Waals surface area contributed by atoms with Gasteiger partial charge in [0.15, 0.2) is 6.29 Å². The molecular formula is C24H27BFNO5. The molecule has 8 heteroatoms. The maximum atomic E-state index is 14.7. The van der Waals surface area contributed by atoms with Crippen LogP contribution in [0.25, 0.3) is 6.08 Å². The Morgan fingerprint density at radius 3 is 2.28 bits per heavy atom. The third-order valence-corrected chi connectivity index (χ3v) is 5.73. The van der Waals surface area contributed by atoms with E-state index in [0.717, 1.165) is 5.56 Å². The van der Waals surface area contributed by atoms with E-state index >= 15 is 0 Å². The molecule has 2 aromatic rings. The van der Waals surface area contributed by atoms with Crippen molar-refractivity contribution in [2.45, 2.75) is 45.5 Å².